The summed E-state index contributed by atoms with van der Waals surface area (Å²) in [4.78, 5) is 11.8. The van der Waals surface area contributed by atoms with Crippen molar-refractivity contribution in [2.45, 2.75) is 51.8 Å². The molecule has 1 heterocycles. The highest BCUT2D eigenvalue weighted by Gasteiger charge is 2.33. The zero-order valence-electron chi connectivity index (χ0n) is 12.7. The highest BCUT2D eigenvalue weighted by molar-refractivity contribution is 5.78. The van der Waals surface area contributed by atoms with E-state index in [-0.39, 0.29) is 23.6 Å². The Balaban J connectivity index is 2.06. The number of rotatable bonds is 4. The standard InChI is InChI=1S/C16H24N2O2/c1-11(2)18-15(19)10-17-13-9-16(3,4)20-14-8-6-5-7-12(13)14/h5-8,11,13,17H,9-10H2,1-4H3,(H,18,19). The summed E-state index contributed by atoms with van der Waals surface area (Å²) in [5.41, 5.74) is 0.907. The summed E-state index contributed by atoms with van der Waals surface area (Å²) < 4.78 is 5.98. The van der Waals surface area contributed by atoms with Gasteiger partial charge in [0, 0.05) is 24.1 Å². The molecule has 2 rings (SSSR count). The molecule has 4 heteroatoms. The molecule has 110 valence electrons. The van der Waals surface area contributed by atoms with E-state index in [0.717, 1.165) is 17.7 Å². The molecule has 1 atom stereocenters. The van der Waals surface area contributed by atoms with Crippen molar-refractivity contribution in [1.82, 2.24) is 10.6 Å². The average molecular weight is 276 g/mol. The molecule has 0 saturated carbocycles. The van der Waals surface area contributed by atoms with E-state index in [0.29, 0.717) is 6.54 Å². The van der Waals surface area contributed by atoms with E-state index in [1.165, 1.54) is 0 Å². The monoisotopic (exact) mass is 276 g/mol. The third-order valence-corrected chi connectivity index (χ3v) is 3.34. The Bertz CT molecular complexity index is 483. The van der Waals surface area contributed by atoms with E-state index in [1.807, 2.05) is 32.0 Å². The molecule has 20 heavy (non-hydrogen) atoms. The molecule has 1 aliphatic heterocycles. The first-order chi connectivity index (χ1) is 9.37. The van der Waals surface area contributed by atoms with Crippen LogP contribution in [0.15, 0.2) is 24.3 Å². The van der Waals surface area contributed by atoms with Crippen molar-refractivity contribution in [1.29, 1.82) is 0 Å². The van der Waals surface area contributed by atoms with Gasteiger partial charge in [0.25, 0.3) is 0 Å². The molecule has 0 spiro atoms. The van der Waals surface area contributed by atoms with Crippen LogP contribution in [0.25, 0.3) is 0 Å². The van der Waals surface area contributed by atoms with E-state index < -0.39 is 0 Å². The van der Waals surface area contributed by atoms with Crippen LogP contribution >= 0.6 is 0 Å². The van der Waals surface area contributed by atoms with Gasteiger partial charge in [-0.15, -0.1) is 0 Å². The largest absolute Gasteiger partial charge is 0.487 e. The van der Waals surface area contributed by atoms with Crippen molar-refractivity contribution in [2.24, 2.45) is 0 Å². The number of nitrogens with one attached hydrogen (secondary N) is 2. The normalized spacial score (nSPS) is 20.1. The summed E-state index contributed by atoms with van der Waals surface area (Å²) in [7, 11) is 0. The zero-order valence-corrected chi connectivity index (χ0v) is 12.7. The summed E-state index contributed by atoms with van der Waals surface area (Å²) in [6.45, 7) is 8.40. The average Bonchev–Trinajstić information content (AvgIpc) is 2.33. The molecule has 0 aromatic heterocycles. The maximum atomic E-state index is 11.8. The molecule has 1 unspecified atom stereocenters. The topological polar surface area (TPSA) is 50.4 Å². The number of ether oxygens (including phenoxy) is 1. The fourth-order valence-corrected chi connectivity index (χ4v) is 2.57. The summed E-state index contributed by atoms with van der Waals surface area (Å²) in [6, 6.07) is 8.34. The molecule has 0 aliphatic carbocycles. The quantitative estimate of drug-likeness (QED) is 0.888. The number of hydrogen-bond acceptors (Lipinski definition) is 3. The molecule has 0 radical (unpaired) electrons. The Morgan fingerprint density at radius 3 is 2.80 bits per heavy atom. The van der Waals surface area contributed by atoms with Crippen LogP contribution in [0, 0.1) is 0 Å². The molecule has 4 nitrogen and oxygen atoms in total. The summed E-state index contributed by atoms with van der Waals surface area (Å²) in [5, 5.41) is 6.24. The van der Waals surface area contributed by atoms with Crippen LogP contribution in [0.4, 0.5) is 0 Å². The summed E-state index contributed by atoms with van der Waals surface area (Å²) >= 11 is 0. The molecule has 1 aromatic carbocycles. The maximum absolute atomic E-state index is 11.8. The Kier molecular flexibility index (Phi) is 4.33. The van der Waals surface area contributed by atoms with Gasteiger partial charge in [0.1, 0.15) is 11.4 Å². The second-order valence-corrected chi connectivity index (χ2v) is 6.26. The van der Waals surface area contributed by atoms with Crippen molar-refractivity contribution in [2.75, 3.05) is 6.54 Å². The van der Waals surface area contributed by atoms with E-state index in [4.69, 9.17) is 4.74 Å². The minimum atomic E-state index is -0.222. The lowest BCUT2D eigenvalue weighted by atomic mass is 9.90. The van der Waals surface area contributed by atoms with Crippen LogP contribution in [0.3, 0.4) is 0 Å². The van der Waals surface area contributed by atoms with Gasteiger partial charge in [0.15, 0.2) is 0 Å². The minimum absolute atomic E-state index is 0.0294. The van der Waals surface area contributed by atoms with Crippen LogP contribution in [0.5, 0.6) is 5.75 Å². The Hall–Kier alpha value is -1.55. The van der Waals surface area contributed by atoms with Gasteiger partial charge in [-0.1, -0.05) is 18.2 Å². The number of fused-ring (bicyclic) bond motifs is 1. The van der Waals surface area contributed by atoms with Crippen LogP contribution < -0.4 is 15.4 Å². The van der Waals surface area contributed by atoms with Crippen molar-refractivity contribution < 1.29 is 9.53 Å². The van der Waals surface area contributed by atoms with Crippen LogP contribution in [-0.4, -0.2) is 24.1 Å². The van der Waals surface area contributed by atoms with Crippen molar-refractivity contribution in [3.63, 3.8) is 0 Å². The smallest absolute Gasteiger partial charge is 0.234 e. The number of amides is 1. The molecular formula is C16H24N2O2. The highest BCUT2D eigenvalue weighted by atomic mass is 16.5. The molecule has 0 saturated heterocycles. The molecular weight excluding hydrogens is 252 g/mol. The number of carbonyl (C=O) groups excluding carboxylic acids is 1. The lowest BCUT2D eigenvalue weighted by Gasteiger charge is -2.38. The second kappa shape index (κ2) is 5.83. The first kappa shape index (κ1) is 14.9. The van der Waals surface area contributed by atoms with Crippen molar-refractivity contribution in [3.8, 4) is 5.75 Å². The van der Waals surface area contributed by atoms with Gasteiger partial charge in [-0.25, -0.2) is 0 Å². The van der Waals surface area contributed by atoms with Crippen LogP contribution in [0.1, 0.15) is 45.7 Å². The Labute approximate surface area is 120 Å². The van der Waals surface area contributed by atoms with Gasteiger partial charge < -0.3 is 15.4 Å². The van der Waals surface area contributed by atoms with E-state index in [1.54, 1.807) is 0 Å². The lowest BCUT2D eigenvalue weighted by molar-refractivity contribution is -0.121. The van der Waals surface area contributed by atoms with Crippen LogP contribution in [0.2, 0.25) is 0 Å². The van der Waals surface area contributed by atoms with Gasteiger partial charge in [0.2, 0.25) is 5.91 Å². The molecule has 1 amide bonds. The van der Waals surface area contributed by atoms with E-state index >= 15 is 0 Å². The predicted molar refractivity (Wildman–Crippen MR) is 79.8 cm³/mol. The zero-order chi connectivity index (χ0) is 14.8. The number of benzene rings is 1. The van der Waals surface area contributed by atoms with Gasteiger partial charge in [-0.2, -0.15) is 0 Å². The minimum Gasteiger partial charge on any atom is -0.487 e. The Morgan fingerprint density at radius 2 is 2.10 bits per heavy atom. The van der Waals surface area contributed by atoms with E-state index in [2.05, 4.69) is 30.5 Å². The first-order valence-electron chi connectivity index (χ1n) is 7.18. The third kappa shape index (κ3) is 3.73. The summed E-state index contributed by atoms with van der Waals surface area (Å²) in [6.07, 6.45) is 0.846. The van der Waals surface area contributed by atoms with Gasteiger partial charge in [0.05, 0.1) is 6.54 Å². The Morgan fingerprint density at radius 1 is 1.40 bits per heavy atom. The van der Waals surface area contributed by atoms with Gasteiger partial charge in [-0.05, 0) is 33.8 Å². The van der Waals surface area contributed by atoms with Crippen molar-refractivity contribution in [3.05, 3.63) is 29.8 Å². The number of para-hydroxylation sites is 1. The predicted octanol–water partition coefficient (Wildman–Crippen LogP) is 2.40. The van der Waals surface area contributed by atoms with Gasteiger partial charge in [-0.3, -0.25) is 4.79 Å². The number of carbonyl (C=O) groups is 1. The first-order valence-corrected chi connectivity index (χ1v) is 7.18. The van der Waals surface area contributed by atoms with E-state index in [9.17, 15) is 4.79 Å². The molecule has 1 aromatic rings. The SMILES string of the molecule is CC(C)NC(=O)CNC1CC(C)(C)Oc2ccccc21. The summed E-state index contributed by atoms with van der Waals surface area (Å²) in [5.74, 6) is 0.937. The fourth-order valence-electron chi connectivity index (χ4n) is 2.57. The third-order valence-electron chi connectivity index (χ3n) is 3.34. The van der Waals surface area contributed by atoms with Crippen LogP contribution in [-0.2, 0) is 4.79 Å². The molecule has 2 N–H and O–H groups in total. The van der Waals surface area contributed by atoms with Gasteiger partial charge >= 0.3 is 0 Å². The molecule has 0 fully saturated rings. The van der Waals surface area contributed by atoms with Crippen molar-refractivity contribution >= 4 is 5.91 Å². The second-order valence-electron chi connectivity index (χ2n) is 6.26. The maximum Gasteiger partial charge on any atom is 0.234 e. The fraction of sp³-hybridized carbons (Fsp3) is 0.562. The lowest BCUT2D eigenvalue weighted by Crippen LogP contribution is -2.43. The molecule has 1 aliphatic rings. The molecule has 0 bridgehead atoms. The number of hydrogen-bond donors (Lipinski definition) is 2. The highest BCUT2D eigenvalue weighted by Crippen LogP contribution is 2.38.